The summed E-state index contributed by atoms with van der Waals surface area (Å²) in [5.41, 5.74) is 0. The minimum atomic E-state index is -3.48. The SMILES string of the molecule is CCCNc1ncccc1S(=O)(=O)NCCSC. The normalized spacial score (nSPS) is 11.4. The Hall–Kier alpha value is -0.790. The molecule has 1 aromatic heterocycles. The number of hydrogen-bond donors (Lipinski definition) is 2. The molecule has 1 heterocycles. The lowest BCUT2D eigenvalue weighted by Gasteiger charge is -2.11. The Bertz CT molecular complexity index is 463. The molecule has 0 unspecified atom stereocenters. The van der Waals surface area contributed by atoms with Crippen molar-refractivity contribution in [2.24, 2.45) is 0 Å². The fourth-order valence-corrected chi connectivity index (χ4v) is 2.94. The number of pyridine rings is 1. The third-order valence-electron chi connectivity index (χ3n) is 2.20. The Morgan fingerprint density at radius 2 is 2.17 bits per heavy atom. The van der Waals surface area contributed by atoms with Gasteiger partial charge in [-0.2, -0.15) is 11.8 Å². The van der Waals surface area contributed by atoms with Crippen LogP contribution in [0.5, 0.6) is 0 Å². The first kappa shape index (κ1) is 15.3. The summed E-state index contributed by atoms with van der Waals surface area (Å²) in [4.78, 5) is 4.28. The van der Waals surface area contributed by atoms with Crippen molar-refractivity contribution in [1.29, 1.82) is 0 Å². The number of hydrogen-bond acceptors (Lipinski definition) is 5. The average Bonchev–Trinajstić information content (AvgIpc) is 2.37. The third-order valence-corrected chi connectivity index (χ3v) is 4.31. The third kappa shape index (κ3) is 4.47. The van der Waals surface area contributed by atoms with Crippen LogP contribution in [0.3, 0.4) is 0 Å². The summed E-state index contributed by atoms with van der Waals surface area (Å²) in [6, 6.07) is 3.19. The molecule has 0 spiro atoms. The van der Waals surface area contributed by atoms with Gasteiger partial charge in [0.25, 0.3) is 0 Å². The van der Waals surface area contributed by atoms with Crippen LogP contribution in [-0.2, 0) is 10.0 Å². The quantitative estimate of drug-likeness (QED) is 0.710. The van der Waals surface area contributed by atoms with Gasteiger partial charge in [-0.25, -0.2) is 18.1 Å². The standard InChI is InChI=1S/C11H19N3O2S2/c1-3-6-12-11-10(5-4-7-13-11)18(15,16)14-8-9-17-2/h4-5,7,14H,3,6,8-9H2,1-2H3,(H,12,13). The van der Waals surface area contributed by atoms with Gasteiger partial charge in [0.2, 0.25) is 10.0 Å². The molecular weight excluding hydrogens is 270 g/mol. The van der Waals surface area contributed by atoms with Crippen LogP contribution < -0.4 is 10.0 Å². The van der Waals surface area contributed by atoms with E-state index in [-0.39, 0.29) is 4.90 Å². The van der Waals surface area contributed by atoms with Crippen LogP contribution in [0.25, 0.3) is 0 Å². The van der Waals surface area contributed by atoms with Crippen molar-refractivity contribution in [1.82, 2.24) is 9.71 Å². The lowest BCUT2D eigenvalue weighted by molar-refractivity contribution is 0.584. The number of rotatable bonds is 8. The predicted octanol–water partition coefficient (Wildman–Crippen LogP) is 1.54. The fraction of sp³-hybridized carbons (Fsp3) is 0.545. The summed E-state index contributed by atoms with van der Waals surface area (Å²) in [5, 5.41) is 3.02. The minimum absolute atomic E-state index is 0.208. The predicted molar refractivity (Wildman–Crippen MR) is 76.6 cm³/mol. The van der Waals surface area contributed by atoms with Crippen LogP contribution in [-0.4, -0.2) is 38.5 Å². The number of thioether (sulfide) groups is 1. The molecule has 0 saturated carbocycles. The van der Waals surface area contributed by atoms with Crippen molar-refractivity contribution in [3.8, 4) is 0 Å². The molecule has 0 fully saturated rings. The van der Waals surface area contributed by atoms with Crippen LogP contribution in [0.1, 0.15) is 13.3 Å². The maximum Gasteiger partial charge on any atom is 0.244 e. The van der Waals surface area contributed by atoms with Crippen molar-refractivity contribution >= 4 is 27.6 Å². The zero-order chi connectivity index (χ0) is 13.4. The van der Waals surface area contributed by atoms with Crippen LogP contribution in [0, 0.1) is 0 Å². The van der Waals surface area contributed by atoms with E-state index in [1.807, 2.05) is 13.2 Å². The van der Waals surface area contributed by atoms with Gasteiger partial charge < -0.3 is 5.32 Å². The number of sulfonamides is 1. The van der Waals surface area contributed by atoms with Gasteiger partial charge >= 0.3 is 0 Å². The second kappa shape index (κ2) is 7.60. The van der Waals surface area contributed by atoms with Crippen molar-refractivity contribution in [2.45, 2.75) is 18.2 Å². The maximum absolute atomic E-state index is 12.1. The van der Waals surface area contributed by atoms with Gasteiger partial charge in [-0.1, -0.05) is 6.92 Å². The molecule has 0 atom stereocenters. The second-order valence-electron chi connectivity index (χ2n) is 3.67. The van der Waals surface area contributed by atoms with Crippen molar-refractivity contribution in [3.63, 3.8) is 0 Å². The van der Waals surface area contributed by atoms with Crippen molar-refractivity contribution < 1.29 is 8.42 Å². The Morgan fingerprint density at radius 1 is 1.39 bits per heavy atom. The van der Waals surface area contributed by atoms with Crippen LogP contribution >= 0.6 is 11.8 Å². The summed E-state index contributed by atoms with van der Waals surface area (Å²) in [6.45, 7) is 3.14. The van der Waals surface area contributed by atoms with E-state index in [0.29, 0.717) is 18.9 Å². The van der Waals surface area contributed by atoms with Gasteiger partial charge in [-0.15, -0.1) is 0 Å². The van der Waals surface area contributed by atoms with E-state index in [0.717, 1.165) is 12.2 Å². The average molecular weight is 289 g/mol. The van der Waals surface area contributed by atoms with E-state index < -0.39 is 10.0 Å². The molecule has 0 bridgehead atoms. The van der Waals surface area contributed by atoms with E-state index in [1.165, 1.54) is 0 Å². The van der Waals surface area contributed by atoms with Crippen molar-refractivity contribution in [2.75, 3.05) is 30.4 Å². The summed E-state index contributed by atoms with van der Waals surface area (Å²) in [5.74, 6) is 1.16. The summed E-state index contributed by atoms with van der Waals surface area (Å²) in [6.07, 6.45) is 4.43. The smallest absolute Gasteiger partial charge is 0.244 e. The van der Waals surface area contributed by atoms with Gasteiger partial charge in [0.15, 0.2) is 0 Å². The minimum Gasteiger partial charge on any atom is -0.369 e. The second-order valence-corrected chi connectivity index (χ2v) is 6.39. The van der Waals surface area contributed by atoms with Crippen LogP contribution in [0.2, 0.25) is 0 Å². The molecule has 1 aromatic rings. The fourth-order valence-electron chi connectivity index (χ4n) is 1.34. The van der Waals surface area contributed by atoms with Crippen LogP contribution in [0.15, 0.2) is 23.2 Å². The Labute approximate surface area is 113 Å². The first-order valence-electron chi connectivity index (χ1n) is 5.79. The molecule has 102 valence electrons. The molecule has 0 aliphatic rings. The number of aromatic nitrogens is 1. The zero-order valence-corrected chi connectivity index (χ0v) is 12.3. The molecule has 0 amide bonds. The van der Waals surface area contributed by atoms with E-state index in [4.69, 9.17) is 0 Å². The van der Waals surface area contributed by atoms with E-state index in [2.05, 4.69) is 15.0 Å². The van der Waals surface area contributed by atoms with Gasteiger partial charge in [0.1, 0.15) is 10.7 Å². The van der Waals surface area contributed by atoms with Crippen LogP contribution in [0.4, 0.5) is 5.82 Å². The van der Waals surface area contributed by atoms with E-state index in [9.17, 15) is 8.42 Å². The first-order chi connectivity index (χ1) is 8.61. The first-order valence-corrected chi connectivity index (χ1v) is 8.67. The molecule has 18 heavy (non-hydrogen) atoms. The van der Waals surface area contributed by atoms with E-state index in [1.54, 1.807) is 30.1 Å². The molecule has 1 rings (SSSR count). The highest BCUT2D eigenvalue weighted by molar-refractivity contribution is 7.98. The summed E-state index contributed by atoms with van der Waals surface area (Å²) in [7, 11) is -3.48. The van der Waals surface area contributed by atoms with Gasteiger partial charge in [0, 0.05) is 25.0 Å². The molecule has 0 aliphatic carbocycles. The topological polar surface area (TPSA) is 71.1 Å². The molecule has 0 radical (unpaired) electrons. The number of nitrogens with one attached hydrogen (secondary N) is 2. The lowest BCUT2D eigenvalue weighted by atomic mass is 10.4. The largest absolute Gasteiger partial charge is 0.369 e. The molecular formula is C11H19N3O2S2. The zero-order valence-electron chi connectivity index (χ0n) is 10.6. The van der Waals surface area contributed by atoms with E-state index >= 15 is 0 Å². The maximum atomic E-state index is 12.1. The van der Waals surface area contributed by atoms with Gasteiger partial charge in [-0.3, -0.25) is 0 Å². The van der Waals surface area contributed by atoms with Crippen molar-refractivity contribution in [3.05, 3.63) is 18.3 Å². The molecule has 7 heteroatoms. The summed E-state index contributed by atoms with van der Waals surface area (Å²) < 4.78 is 26.7. The van der Waals surface area contributed by atoms with Gasteiger partial charge in [0.05, 0.1) is 0 Å². The number of anilines is 1. The Balaban J connectivity index is 2.86. The molecule has 5 nitrogen and oxygen atoms in total. The number of nitrogens with zero attached hydrogens (tertiary/aromatic N) is 1. The molecule has 0 aliphatic heterocycles. The summed E-state index contributed by atoms with van der Waals surface area (Å²) >= 11 is 1.60. The van der Waals surface area contributed by atoms with Gasteiger partial charge in [-0.05, 0) is 24.8 Å². The lowest BCUT2D eigenvalue weighted by Crippen LogP contribution is -2.27. The molecule has 0 aromatic carbocycles. The molecule has 2 N–H and O–H groups in total. The highest BCUT2D eigenvalue weighted by atomic mass is 32.2. The molecule has 0 saturated heterocycles. The highest BCUT2D eigenvalue weighted by Crippen LogP contribution is 2.17. The Kier molecular flexibility index (Phi) is 6.45. The highest BCUT2D eigenvalue weighted by Gasteiger charge is 2.18. The Morgan fingerprint density at radius 3 is 2.83 bits per heavy atom. The monoisotopic (exact) mass is 289 g/mol.